The molecular weight excluding hydrogens is 365 g/mol. The fourth-order valence-electron chi connectivity index (χ4n) is 2.07. The Kier molecular flexibility index (Phi) is 7.10. The van der Waals surface area contributed by atoms with E-state index >= 15 is 0 Å². The molecule has 5 nitrogen and oxygen atoms in total. The normalized spacial score (nSPS) is 10.2. The van der Waals surface area contributed by atoms with Crippen LogP contribution in [0.15, 0.2) is 42.5 Å². The summed E-state index contributed by atoms with van der Waals surface area (Å²) in [6.45, 7) is 0.223. The number of carbonyl (C=O) groups excluding carboxylic acids is 2. The summed E-state index contributed by atoms with van der Waals surface area (Å²) in [5, 5.41) is 3.73. The van der Waals surface area contributed by atoms with Crippen LogP contribution in [0.2, 0.25) is 10.0 Å². The van der Waals surface area contributed by atoms with E-state index < -0.39 is 5.97 Å². The van der Waals surface area contributed by atoms with Crippen LogP contribution >= 0.6 is 23.2 Å². The van der Waals surface area contributed by atoms with Gasteiger partial charge in [-0.3, -0.25) is 9.59 Å². The zero-order chi connectivity index (χ0) is 18.2. The minimum absolute atomic E-state index is 0.0493. The summed E-state index contributed by atoms with van der Waals surface area (Å²) in [5.41, 5.74) is 1.15. The van der Waals surface area contributed by atoms with E-state index in [1.54, 1.807) is 42.5 Å². The molecule has 2 aromatic rings. The predicted molar refractivity (Wildman–Crippen MR) is 96.2 cm³/mol. The number of carbonyl (C=O) groups is 2. The lowest BCUT2D eigenvalue weighted by Gasteiger charge is -2.10. The summed E-state index contributed by atoms with van der Waals surface area (Å²) in [4.78, 5) is 23.7. The third kappa shape index (κ3) is 5.96. The fourth-order valence-corrected chi connectivity index (χ4v) is 2.39. The summed E-state index contributed by atoms with van der Waals surface area (Å²) in [6, 6.07) is 11.6. The Labute approximate surface area is 155 Å². The molecule has 0 bridgehead atoms. The SMILES string of the molecule is COc1ccc(Cl)cc1COC(=O)CCNC(=O)c1ccc(Cl)cc1. The highest BCUT2D eigenvalue weighted by Gasteiger charge is 2.10. The summed E-state index contributed by atoms with van der Waals surface area (Å²) < 4.78 is 10.4. The number of methoxy groups -OCH3 is 1. The first-order valence-electron chi connectivity index (χ1n) is 7.51. The molecule has 2 aromatic carbocycles. The zero-order valence-corrected chi connectivity index (χ0v) is 15.1. The molecule has 0 spiro atoms. The molecule has 25 heavy (non-hydrogen) atoms. The molecule has 0 saturated heterocycles. The van der Waals surface area contributed by atoms with Gasteiger partial charge in [0.2, 0.25) is 0 Å². The fraction of sp³-hybridized carbons (Fsp3) is 0.222. The van der Waals surface area contributed by atoms with E-state index in [9.17, 15) is 9.59 Å². The standard InChI is InChI=1S/C18H17Cl2NO4/c1-24-16-7-6-15(20)10-13(16)11-25-17(22)8-9-21-18(23)12-2-4-14(19)5-3-12/h2-7,10H,8-9,11H2,1H3,(H,21,23). The Morgan fingerprint density at radius 2 is 1.72 bits per heavy atom. The highest BCUT2D eigenvalue weighted by molar-refractivity contribution is 6.31. The molecule has 1 N–H and O–H groups in total. The highest BCUT2D eigenvalue weighted by Crippen LogP contribution is 2.23. The van der Waals surface area contributed by atoms with Gasteiger partial charge in [-0.25, -0.2) is 0 Å². The van der Waals surface area contributed by atoms with Crippen molar-refractivity contribution in [2.45, 2.75) is 13.0 Å². The number of amides is 1. The summed E-state index contributed by atoms with van der Waals surface area (Å²) in [7, 11) is 1.53. The number of benzene rings is 2. The first kappa shape index (κ1) is 19.1. The van der Waals surface area contributed by atoms with Crippen LogP contribution in [-0.4, -0.2) is 25.5 Å². The molecule has 0 aromatic heterocycles. The van der Waals surface area contributed by atoms with Crippen LogP contribution in [-0.2, 0) is 16.1 Å². The second-order valence-electron chi connectivity index (χ2n) is 5.13. The largest absolute Gasteiger partial charge is 0.496 e. The predicted octanol–water partition coefficient (Wildman–Crippen LogP) is 3.87. The smallest absolute Gasteiger partial charge is 0.307 e. The van der Waals surface area contributed by atoms with Crippen LogP contribution in [0.25, 0.3) is 0 Å². The Bertz CT molecular complexity index is 747. The van der Waals surface area contributed by atoms with Gasteiger partial charge in [0.05, 0.1) is 13.5 Å². The van der Waals surface area contributed by atoms with Gasteiger partial charge < -0.3 is 14.8 Å². The van der Waals surface area contributed by atoms with Gasteiger partial charge in [-0.05, 0) is 42.5 Å². The second kappa shape index (κ2) is 9.30. The van der Waals surface area contributed by atoms with E-state index in [0.717, 1.165) is 0 Å². The van der Waals surface area contributed by atoms with Gasteiger partial charge >= 0.3 is 5.97 Å². The summed E-state index contributed by atoms with van der Waals surface area (Å²) in [6.07, 6.45) is 0.0577. The Morgan fingerprint density at radius 1 is 1.04 bits per heavy atom. The number of nitrogens with one attached hydrogen (secondary N) is 1. The number of ether oxygens (including phenoxy) is 2. The summed E-state index contributed by atoms with van der Waals surface area (Å²) in [5.74, 6) is -0.118. The molecule has 0 fully saturated rings. The number of rotatable bonds is 7. The first-order chi connectivity index (χ1) is 12.0. The van der Waals surface area contributed by atoms with Crippen molar-refractivity contribution < 1.29 is 19.1 Å². The van der Waals surface area contributed by atoms with Gasteiger partial charge in [-0.1, -0.05) is 23.2 Å². The monoisotopic (exact) mass is 381 g/mol. The van der Waals surface area contributed by atoms with E-state index in [1.165, 1.54) is 7.11 Å². The lowest BCUT2D eigenvalue weighted by atomic mass is 10.2. The van der Waals surface area contributed by atoms with Gasteiger partial charge in [0.25, 0.3) is 5.91 Å². The van der Waals surface area contributed by atoms with Gasteiger partial charge in [0.1, 0.15) is 12.4 Å². The molecule has 0 saturated carbocycles. The van der Waals surface area contributed by atoms with Crippen molar-refractivity contribution >= 4 is 35.1 Å². The molecule has 0 unspecified atom stereocenters. The average molecular weight is 382 g/mol. The second-order valence-corrected chi connectivity index (χ2v) is 6.00. The van der Waals surface area contributed by atoms with Crippen LogP contribution in [0.5, 0.6) is 5.75 Å². The highest BCUT2D eigenvalue weighted by atomic mass is 35.5. The summed E-state index contributed by atoms with van der Waals surface area (Å²) >= 11 is 11.7. The molecule has 7 heteroatoms. The van der Waals surface area contributed by atoms with Crippen LogP contribution in [0.1, 0.15) is 22.3 Å². The number of esters is 1. The van der Waals surface area contributed by atoms with Crippen LogP contribution < -0.4 is 10.1 Å². The maximum absolute atomic E-state index is 11.9. The van der Waals surface area contributed by atoms with E-state index in [0.29, 0.717) is 26.9 Å². The lowest BCUT2D eigenvalue weighted by Crippen LogP contribution is -2.26. The Morgan fingerprint density at radius 3 is 2.40 bits per heavy atom. The van der Waals surface area contributed by atoms with Crippen molar-refractivity contribution in [3.63, 3.8) is 0 Å². The van der Waals surface area contributed by atoms with Crippen molar-refractivity contribution in [3.8, 4) is 5.75 Å². The quantitative estimate of drug-likeness (QED) is 0.739. The average Bonchev–Trinajstić information content (AvgIpc) is 2.60. The molecule has 0 heterocycles. The molecule has 132 valence electrons. The van der Waals surface area contributed by atoms with Crippen molar-refractivity contribution in [1.29, 1.82) is 0 Å². The zero-order valence-electron chi connectivity index (χ0n) is 13.6. The molecule has 0 radical (unpaired) electrons. The third-order valence-corrected chi connectivity index (χ3v) is 3.84. The molecule has 0 aliphatic rings. The van der Waals surface area contributed by atoms with E-state index in [2.05, 4.69) is 5.32 Å². The van der Waals surface area contributed by atoms with Crippen molar-refractivity contribution in [2.24, 2.45) is 0 Å². The van der Waals surface area contributed by atoms with Gasteiger partial charge in [0.15, 0.2) is 0 Å². The minimum Gasteiger partial charge on any atom is -0.496 e. The van der Waals surface area contributed by atoms with Crippen LogP contribution in [0.4, 0.5) is 0 Å². The van der Waals surface area contributed by atoms with Gasteiger partial charge in [-0.2, -0.15) is 0 Å². The van der Waals surface area contributed by atoms with Gasteiger partial charge in [-0.15, -0.1) is 0 Å². The molecule has 1 amide bonds. The first-order valence-corrected chi connectivity index (χ1v) is 8.27. The Hall–Kier alpha value is -2.24. The maximum Gasteiger partial charge on any atom is 0.307 e. The molecule has 0 aliphatic carbocycles. The number of hydrogen-bond donors (Lipinski definition) is 1. The maximum atomic E-state index is 11.9. The van der Waals surface area contributed by atoms with E-state index in [4.69, 9.17) is 32.7 Å². The number of halogens is 2. The Balaban J connectivity index is 1.76. The topological polar surface area (TPSA) is 64.6 Å². The van der Waals surface area contributed by atoms with Crippen molar-refractivity contribution in [1.82, 2.24) is 5.32 Å². The van der Waals surface area contributed by atoms with E-state index in [-0.39, 0.29) is 25.5 Å². The van der Waals surface area contributed by atoms with Crippen molar-refractivity contribution in [2.75, 3.05) is 13.7 Å². The van der Waals surface area contributed by atoms with Gasteiger partial charge in [0, 0.05) is 27.7 Å². The van der Waals surface area contributed by atoms with E-state index in [1.807, 2.05) is 0 Å². The molecule has 0 atom stereocenters. The molecule has 2 rings (SSSR count). The third-order valence-electron chi connectivity index (χ3n) is 3.35. The van der Waals surface area contributed by atoms with Crippen LogP contribution in [0.3, 0.4) is 0 Å². The molecular formula is C18H17Cl2NO4. The number of hydrogen-bond acceptors (Lipinski definition) is 4. The van der Waals surface area contributed by atoms with Crippen LogP contribution in [0, 0.1) is 0 Å². The molecule has 0 aliphatic heterocycles. The van der Waals surface area contributed by atoms with Crippen molar-refractivity contribution in [3.05, 3.63) is 63.6 Å². The lowest BCUT2D eigenvalue weighted by molar-refractivity contribution is -0.144. The minimum atomic E-state index is -0.432.